The Labute approximate surface area is 198 Å². The Balaban J connectivity index is 0.00000480. The number of amides is 1. The summed E-state index contributed by atoms with van der Waals surface area (Å²) in [5.41, 5.74) is 0. The molecule has 1 saturated heterocycles. The zero-order valence-electron chi connectivity index (χ0n) is 17.9. The van der Waals surface area contributed by atoms with Crippen molar-refractivity contribution < 1.29 is 22.7 Å². The van der Waals surface area contributed by atoms with Crippen LogP contribution in [0.4, 0.5) is 13.2 Å². The second kappa shape index (κ2) is 13.6. The average molecular weight is 557 g/mol. The van der Waals surface area contributed by atoms with Gasteiger partial charge in [-0.15, -0.1) is 24.0 Å². The SMILES string of the molecule is CCNC(=NCC(=O)N(C)CC(F)(F)F)N1CCN(CCOc2ccccc2)CC1.I. The van der Waals surface area contributed by atoms with E-state index in [9.17, 15) is 18.0 Å². The molecule has 1 aromatic rings. The van der Waals surface area contributed by atoms with Gasteiger partial charge >= 0.3 is 6.18 Å². The van der Waals surface area contributed by atoms with Crippen molar-refractivity contribution in [3.8, 4) is 5.75 Å². The van der Waals surface area contributed by atoms with E-state index in [4.69, 9.17) is 4.74 Å². The van der Waals surface area contributed by atoms with Crippen LogP contribution >= 0.6 is 24.0 Å². The van der Waals surface area contributed by atoms with Crippen LogP contribution in [0, 0.1) is 0 Å². The number of para-hydroxylation sites is 1. The van der Waals surface area contributed by atoms with Crippen LogP contribution in [0.2, 0.25) is 0 Å². The summed E-state index contributed by atoms with van der Waals surface area (Å²) in [4.78, 5) is 21.2. The number of nitrogens with one attached hydrogen (secondary N) is 1. The van der Waals surface area contributed by atoms with E-state index in [1.54, 1.807) is 0 Å². The van der Waals surface area contributed by atoms with Crippen molar-refractivity contribution in [1.82, 2.24) is 20.0 Å². The molecule has 1 aliphatic heterocycles. The summed E-state index contributed by atoms with van der Waals surface area (Å²) in [7, 11) is 1.13. The number of halogens is 4. The molecule has 0 bridgehead atoms. The Morgan fingerprint density at radius 2 is 1.84 bits per heavy atom. The second-order valence-electron chi connectivity index (χ2n) is 7.03. The highest BCUT2D eigenvalue weighted by Crippen LogP contribution is 2.15. The van der Waals surface area contributed by atoms with Gasteiger partial charge in [0.1, 0.15) is 25.4 Å². The maximum atomic E-state index is 12.4. The monoisotopic (exact) mass is 557 g/mol. The van der Waals surface area contributed by atoms with Gasteiger partial charge in [0.2, 0.25) is 5.91 Å². The molecule has 1 aliphatic rings. The first kappa shape index (κ1) is 27.3. The lowest BCUT2D eigenvalue weighted by Gasteiger charge is -2.36. The van der Waals surface area contributed by atoms with Gasteiger partial charge in [-0.1, -0.05) is 18.2 Å². The normalized spacial score (nSPS) is 15.3. The molecule has 0 unspecified atom stereocenters. The van der Waals surface area contributed by atoms with Crippen molar-refractivity contribution in [3.63, 3.8) is 0 Å². The van der Waals surface area contributed by atoms with Gasteiger partial charge in [-0.05, 0) is 19.1 Å². The third-order valence-corrected chi connectivity index (χ3v) is 4.63. The molecule has 0 atom stereocenters. The molecule has 2 rings (SSSR count). The summed E-state index contributed by atoms with van der Waals surface area (Å²) >= 11 is 0. The Morgan fingerprint density at radius 3 is 2.42 bits per heavy atom. The molecule has 11 heteroatoms. The standard InChI is InChI=1S/C20H30F3N5O2.HI/c1-3-24-19(25-15-18(29)26(2)16-20(21,22)23)28-11-9-27(10-12-28)13-14-30-17-7-5-4-6-8-17;/h4-8H,3,9-16H2,1-2H3,(H,24,25);1H. The largest absolute Gasteiger partial charge is 0.492 e. The van der Waals surface area contributed by atoms with Crippen LogP contribution in [-0.2, 0) is 4.79 Å². The van der Waals surface area contributed by atoms with Crippen molar-refractivity contribution in [3.05, 3.63) is 30.3 Å². The number of aliphatic imine (C=N–C) groups is 1. The quantitative estimate of drug-likeness (QED) is 0.302. The molecule has 176 valence electrons. The van der Waals surface area contributed by atoms with E-state index in [1.807, 2.05) is 42.2 Å². The molecule has 7 nitrogen and oxygen atoms in total. The van der Waals surface area contributed by atoms with Gasteiger partial charge in [-0.2, -0.15) is 13.2 Å². The minimum Gasteiger partial charge on any atom is -0.492 e. The molecule has 0 spiro atoms. The van der Waals surface area contributed by atoms with E-state index in [1.165, 1.54) is 0 Å². The molecule has 0 radical (unpaired) electrons. The summed E-state index contributed by atoms with van der Waals surface area (Å²) < 4.78 is 43.0. The molecule has 1 aromatic carbocycles. The number of carbonyl (C=O) groups is 1. The summed E-state index contributed by atoms with van der Waals surface area (Å²) in [6.45, 7) is 5.36. The van der Waals surface area contributed by atoms with E-state index in [0.717, 1.165) is 32.4 Å². The lowest BCUT2D eigenvalue weighted by Crippen LogP contribution is -2.53. The molecule has 31 heavy (non-hydrogen) atoms. The highest BCUT2D eigenvalue weighted by Gasteiger charge is 2.31. The molecule has 1 fully saturated rings. The summed E-state index contributed by atoms with van der Waals surface area (Å²) in [6.07, 6.45) is -4.42. The van der Waals surface area contributed by atoms with E-state index >= 15 is 0 Å². The second-order valence-corrected chi connectivity index (χ2v) is 7.03. The van der Waals surface area contributed by atoms with Gasteiger partial charge in [0, 0.05) is 46.3 Å². The first-order valence-electron chi connectivity index (χ1n) is 10.0. The number of hydrogen-bond acceptors (Lipinski definition) is 4. The van der Waals surface area contributed by atoms with Gasteiger partial charge < -0.3 is 19.9 Å². The average Bonchev–Trinajstić information content (AvgIpc) is 2.71. The lowest BCUT2D eigenvalue weighted by molar-refractivity contribution is -0.157. The minimum absolute atomic E-state index is 0. The zero-order chi connectivity index (χ0) is 22.0. The Morgan fingerprint density at radius 1 is 1.19 bits per heavy atom. The fourth-order valence-corrected chi connectivity index (χ4v) is 3.04. The third kappa shape index (κ3) is 10.4. The van der Waals surface area contributed by atoms with Crippen LogP contribution in [0.3, 0.4) is 0 Å². The van der Waals surface area contributed by atoms with Crippen LogP contribution < -0.4 is 10.1 Å². The van der Waals surface area contributed by atoms with E-state index in [2.05, 4.69) is 15.2 Å². The first-order valence-corrected chi connectivity index (χ1v) is 10.0. The molecule has 1 N–H and O–H groups in total. The number of ether oxygens (including phenoxy) is 1. The number of rotatable bonds is 8. The molecule has 1 heterocycles. The fourth-order valence-electron chi connectivity index (χ4n) is 3.04. The molecule has 0 saturated carbocycles. The van der Waals surface area contributed by atoms with Crippen LogP contribution in [0.15, 0.2) is 35.3 Å². The minimum atomic E-state index is -4.42. The highest BCUT2D eigenvalue weighted by molar-refractivity contribution is 14.0. The number of alkyl halides is 3. The molecule has 0 aliphatic carbocycles. The summed E-state index contributed by atoms with van der Waals surface area (Å²) in [6, 6.07) is 9.65. The number of hydrogen-bond donors (Lipinski definition) is 1. The van der Waals surface area contributed by atoms with E-state index < -0.39 is 18.6 Å². The maximum absolute atomic E-state index is 12.4. The van der Waals surface area contributed by atoms with Gasteiger partial charge in [0.05, 0.1) is 0 Å². The van der Waals surface area contributed by atoms with Crippen LogP contribution in [0.25, 0.3) is 0 Å². The molecular weight excluding hydrogens is 526 g/mol. The van der Waals surface area contributed by atoms with Crippen LogP contribution in [-0.4, -0.2) is 98.8 Å². The number of piperazine rings is 1. The topological polar surface area (TPSA) is 60.4 Å². The van der Waals surface area contributed by atoms with E-state index in [0.29, 0.717) is 37.1 Å². The molecule has 1 amide bonds. The lowest BCUT2D eigenvalue weighted by atomic mass is 10.3. The van der Waals surface area contributed by atoms with Gasteiger partial charge in [0.15, 0.2) is 5.96 Å². The van der Waals surface area contributed by atoms with Crippen molar-refractivity contribution in [2.75, 3.05) is 66.0 Å². The summed E-state index contributed by atoms with van der Waals surface area (Å²) in [5.74, 6) is 0.726. The Bertz CT molecular complexity index is 683. The van der Waals surface area contributed by atoms with Crippen molar-refractivity contribution in [1.29, 1.82) is 0 Å². The maximum Gasteiger partial charge on any atom is 0.406 e. The van der Waals surface area contributed by atoms with Crippen molar-refractivity contribution in [2.24, 2.45) is 4.99 Å². The zero-order valence-corrected chi connectivity index (χ0v) is 20.2. The highest BCUT2D eigenvalue weighted by atomic mass is 127. The third-order valence-electron chi connectivity index (χ3n) is 4.63. The Hall–Kier alpha value is -1.76. The first-order chi connectivity index (χ1) is 14.3. The number of likely N-dealkylation sites (N-methyl/N-ethyl adjacent to an activating group) is 1. The van der Waals surface area contributed by atoms with Crippen LogP contribution in [0.1, 0.15) is 6.92 Å². The fraction of sp³-hybridized carbons (Fsp3) is 0.600. The smallest absolute Gasteiger partial charge is 0.406 e. The Kier molecular flexibility index (Phi) is 12.0. The molecular formula is C20H31F3IN5O2. The summed E-state index contributed by atoms with van der Waals surface area (Å²) in [5, 5.41) is 3.11. The van der Waals surface area contributed by atoms with E-state index in [-0.39, 0.29) is 30.5 Å². The number of nitrogens with zero attached hydrogens (tertiary/aromatic N) is 4. The van der Waals surface area contributed by atoms with Gasteiger partial charge in [-0.25, -0.2) is 4.99 Å². The number of carbonyl (C=O) groups excluding carboxylic acids is 1. The predicted octanol–water partition coefficient (Wildman–Crippen LogP) is 2.29. The van der Waals surface area contributed by atoms with Gasteiger partial charge in [-0.3, -0.25) is 9.69 Å². The number of benzene rings is 1. The van der Waals surface area contributed by atoms with Crippen molar-refractivity contribution >= 4 is 35.8 Å². The van der Waals surface area contributed by atoms with Crippen LogP contribution in [0.5, 0.6) is 5.75 Å². The predicted molar refractivity (Wildman–Crippen MR) is 125 cm³/mol. The van der Waals surface area contributed by atoms with Gasteiger partial charge in [0.25, 0.3) is 0 Å². The number of guanidine groups is 1. The molecule has 0 aromatic heterocycles. The van der Waals surface area contributed by atoms with Crippen molar-refractivity contribution in [2.45, 2.75) is 13.1 Å².